The minimum atomic E-state index is -0.430. The summed E-state index contributed by atoms with van der Waals surface area (Å²) >= 11 is 0. The predicted octanol–water partition coefficient (Wildman–Crippen LogP) is 0.957. The van der Waals surface area contributed by atoms with E-state index >= 15 is 0 Å². The van der Waals surface area contributed by atoms with E-state index in [0.29, 0.717) is 24.5 Å². The Morgan fingerprint density at radius 1 is 0.806 bits per heavy atom. The summed E-state index contributed by atoms with van der Waals surface area (Å²) in [5, 5.41) is 3.46. The molecule has 0 bridgehead atoms. The molecule has 1 aliphatic rings. The molecule has 3 rings (SSSR count). The van der Waals surface area contributed by atoms with Crippen molar-refractivity contribution in [2.45, 2.75) is 13.1 Å². The molecule has 0 aromatic carbocycles. The van der Waals surface area contributed by atoms with Gasteiger partial charge in [0, 0.05) is 52.4 Å². The fraction of sp³-hybridized carbons (Fsp3) is 0.455. The molecule has 1 N–H and O–H groups in total. The Morgan fingerprint density at radius 3 is 1.68 bits per heavy atom. The van der Waals surface area contributed by atoms with Crippen LogP contribution in [0, 0.1) is 0 Å². The van der Waals surface area contributed by atoms with Crippen LogP contribution in [0.25, 0.3) is 0 Å². The molecule has 9 heteroatoms. The number of carbonyl (C=O) groups excluding carboxylic acids is 2. The maximum absolute atomic E-state index is 11.8. The molecule has 1 aliphatic heterocycles. The number of nitrogens with one attached hydrogen (secondary N) is 1. The van der Waals surface area contributed by atoms with Crippen LogP contribution in [0.5, 0.6) is 0 Å². The number of aromatic nitrogens is 2. The lowest BCUT2D eigenvalue weighted by atomic mass is 10.2. The van der Waals surface area contributed by atoms with E-state index in [4.69, 9.17) is 9.47 Å². The van der Waals surface area contributed by atoms with Gasteiger partial charge in [-0.1, -0.05) is 12.1 Å². The molecule has 0 atom stereocenters. The third kappa shape index (κ3) is 6.81. The molecular formula is C22H29N5O4. The highest BCUT2D eigenvalue weighted by Gasteiger charge is 2.16. The first kappa shape index (κ1) is 22.8. The van der Waals surface area contributed by atoms with Crippen molar-refractivity contribution in [3.05, 3.63) is 59.2 Å². The first-order chi connectivity index (χ1) is 15.1. The van der Waals surface area contributed by atoms with Crippen molar-refractivity contribution in [2.24, 2.45) is 0 Å². The molecule has 1 fully saturated rings. The maximum Gasteiger partial charge on any atom is 0.356 e. The summed E-state index contributed by atoms with van der Waals surface area (Å²) in [7, 11) is 2.71. The summed E-state index contributed by atoms with van der Waals surface area (Å²) in [6.45, 7) is 6.52. The zero-order valence-corrected chi connectivity index (χ0v) is 18.0. The lowest BCUT2D eigenvalue weighted by Crippen LogP contribution is -2.36. The third-order valence-corrected chi connectivity index (χ3v) is 5.12. The first-order valence-electron chi connectivity index (χ1n) is 10.3. The van der Waals surface area contributed by atoms with Gasteiger partial charge in [-0.05, 0) is 24.3 Å². The number of methoxy groups -OCH3 is 2. The molecule has 3 heterocycles. The number of ether oxygens (including phenoxy) is 2. The summed E-state index contributed by atoms with van der Waals surface area (Å²) < 4.78 is 9.54. The molecule has 0 spiro atoms. The molecule has 1 saturated heterocycles. The van der Waals surface area contributed by atoms with E-state index in [9.17, 15) is 9.59 Å². The molecule has 166 valence electrons. The fourth-order valence-corrected chi connectivity index (χ4v) is 3.45. The Kier molecular flexibility index (Phi) is 8.45. The van der Waals surface area contributed by atoms with Crippen LogP contribution in [0.4, 0.5) is 0 Å². The van der Waals surface area contributed by atoms with Crippen molar-refractivity contribution < 1.29 is 19.1 Å². The van der Waals surface area contributed by atoms with E-state index in [-0.39, 0.29) is 0 Å². The summed E-state index contributed by atoms with van der Waals surface area (Å²) in [6, 6.07) is 10.8. The normalized spacial score (nSPS) is 16.1. The van der Waals surface area contributed by atoms with Gasteiger partial charge in [-0.2, -0.15) is 0 Å². The van der Waals surface area contributed by atoms with Gasteiger partial charge in [-0.25, -0.2) is 19.6 Å². The van der Waals surface area contributed by atoms with Crippen molar-refractivity contribution in [2.75, 3.05) is 53.5 Å². The van der Waals surface area contributed by atoms with Crippen LogP contribution in [0.15, 0.2) is 36.4 Å². The van der Waals surface area contributed by atoms with Gasteiger partial charge in [0.25, 0.3) is 0 Å². The van der Waals surface area contributed by atoms with Gasteiger partial charge in [0.15, 0.2) is 0 Å². The standard InChI is InChI=1S/C22H29N5O4/c1-30-21(28)19-7-3-5-17(24-19)15-26-11-9-23-10-12-27(14-13-26)16-18-6-4-8-20(25-18)22(29)31-2/h3-8,23H,9-16H2,1-2H3. The average molecular weight is 428 g/mol. The van der Waals surface area contributed by atoms with Crippen LogP contribution >= 0.6 is 0 Å². The highest BCUT2D eigenvalue weighted by molar-refractivity contribution is 5.87. The topological polar surface area (TPSA) is 96.9 Å². The quantitative estimate of drug-likeness (QED) is 0.676. The number of hydrogen-bond donors (Lipinski definition) is 1. The van der Waals surface area contributed by atoms with Gasteiger partial charge in [0.1, 0.15) is 11.4 Å². The predicted molar refractivity (Wildman–Crippen MR) is 115 cm³/mol. The summed E-state index contributed by atoms with van der Waals surface area (Å²) in [5.74, 6) is -0.860. The number of rotatable bonds is 6. The number of nitrogens with zero attached hydrogens (tertiary/aromatic N) is 4. The molecule has 2 aromatic rings. The average Bonchev–Trinajstić information content (AvgIpc) is 2.91. The number of pyridine rings is 2. The van der Waals surface area contributed by atoms with Gasteiger partial charge in [0.05, 0.1) is 25.6 Å². The molecule has 31 heavy (non-hydrogen) atoms. The zero-order valence-electron chi connectivity index (χ0n) is 18.0. The second-order valence-electron chi connectivity index (χ2n) is 7.31. The molecule has 0 unspecified atom stereocenters. The first-order valence-corrected chi connectivity index (χ1v) is 10.3. The van der Waals surface area contributed by atoms with Crippen molar-refractivity contribution in [1.29, 1.82) is 0 Å². The minimum absolute atomic E-state index is 0.320. The molecule has 0 amide bonds. The SMILES string of the molecule is COC(=O)c1cccc(CN2CCNCCN(Cc3cccc(C(=O)OC)n3)CC2)n1. The molecule has 0 saturated carbocycles. The Labute approximate surface area is 182 Å². The van der Waals surface area contributed by atoms with Crippen LogP contribution < -0.4 is 5.32 Å². The third-order valence-electron chi connectivity index (χ3n) is 5.12. The van der Waals surface area contributed by atoms with Crippen LogP contribution in [0.3, 0.4) is 0 Å². The molecule has 0 radical (unpaired) electrons. The monoisotopic (exact) mass is 427 g/mol. The zero-order chi connectivity index (χ0) is 22.1. The molecular weight excluding hydrogens is 398 g/mol. The molecule has 9 nitrogen and oxygen atoms in total. The summed E-state index contributed by atoms with van der Waals surface area (Å²) in [5.41, 5.74) is 2.31. The summed E-state index contributed by atoms with van der Waals surface area (Å²) in [6.07, 6.45) is 0. The smallest absolute Gasteiger partial charge is 0.356 e. The van der Waals surface area contributed by atoms with Crippen molar-refractivity contribution in [3.63, 3.8) is 0 Å². The summed E-state index contributed by atoms with van der Waals surface area (Å²) in [4.78, 5) is 37.0. The number of esters is 2. The maximum atomic E-state index is 11.8. The lowest BCUT2D eigenvalue weighted by Gasteiger charge is -2.25. The van der Waals surface area contributed by atoms with E-state index in [1.54, 1.807) is 12.1 Å². The Morgan fingerprint density at radius 2 is 1.26 bits per heavy atom. The second kappa shape index (κ2) is 11.5. The minimum Gasteiger partial charge on any atom is -0.464 e. The van der Waals surface area contributed by atoms with Crippen LogP contribution in [-0.4, -0.2) is 85.2 Å². The number of hydrogen-bond acceptors (Lipinski definition) is 9. The van der Waals surface area contributed by atoms with Crippen molar-refractivity contribution in [1.82, 2.24) is 25.1 Å². The van der Waals surface area contributed by atoms with E-state index in [1.807, 2.05) is 24.3 Å². The highest BCUT2D eigenvalue weighted by atomic mass is 16.5. The molecule has 2 aromatic heterocycles. The van der Waals surface area contributed by atoms with Crippen LogP contribution in [0.1, 0.15) is 32.4 Å². The Balaban J connectivity index is 1.63. The van der Waals surface area contributed by atoms with E-state index in [1.165, 1.54) is 14.2 Å². The van der Waals surface area contributed by atoms with E-state index < -0.39 is 11.9 Å². The lowest BCUT2D eigenvalue weighted by molar-refractivity contribution is 0.0584. The Bertz CT molecular complexity index is 820. The van der Waals surface area contributed by atoms with Gasteiger partial charge in [0.2, 0.25) is 0 Å². The largest absolute Gasteiger partial charge is 0.464 e. The molecule has 0 aliphatic carbocycles. The highest BCUT2D eigenvalue weighted by Crippen LogP contribution is 2.09. The van der Waals surface area contributed by atoms with Gasteiger partial charge < -0.3 is 14.8 Å². The van der Waals surface area contributed by atoms with E-state index in [2.05, 4.69) is 25.1 Å². The van der Waals surface area contributed by atoms with Crippen molar-refractivity contribution in [3.8, 4) is 0 Å². The van der Waals surface area contributed by atoms with E-state index in [0.717, 1.165) is 50.7 Å². The van der Waals surface area contributed by atoms with Gasteiger partial charge in [-0.15, -0.1) is 0 Å². The van der Waals surface area contributed by atoms with Gasteiger partial charge >= 0.3 is 11.9 Å². The fourth-order valence-electron chi connectivity index (χ4n) is 3.45. The van der Waals surface area contributed by atoms with Gasteiger partial charge in [-0.3, -0.25) is 9.80 Å². The van der Waals surface area contributed by atoms with Crippen molar-refractivity contribution >= 4 is 11.9 Å². The van der Waals surface area contributed by atoms with Crippen LogP contribution in [-0.2, 0) is 22.6 Å². The Hall–Kier alpha value is -2.88. The van der Waals surface area contributed by atoms with Crippen LogP contribution in [0.2, 0.25) is 0 Å². The second-order valence-corrected chi connectivity index (χ2v) is 7.31. The number of carbonyl (C=O) groups is 2.